The van der Waals surface area contributed by atoms with Crippen LogP contribution in [0.5, 0.6) is 0 Å². The highest BCUT2D eigenvalue weighted by Crippen LogP contribution is 2.27. The molecule has 0 spiro atoms. The molecule has 1 aliphatic rings. The van der Waals surface area contributed by atoms with E-state index in [1.807, 2.05) is 34.6 Å². The van der Waals surface area contributed by atoms with Crippen LogP contribution in [-0.4, -0.2) is 38.7 Å². The summed E-state index contributed by atoms with van der Waals surface area (Å²) in [5, 5.41) is 7.30. The van der Waals surface area contributed by atoms with Crippen molar-refractivity contribution in [2.45, 2.75) is 46.1 Å². The van der Waals surface area contributed by atoms with Gasteiger partial charge in [-0.15, -0.1) is 0 Å². The van der Waals surface area contributed by atoms with E-state index in [4.69, 9.17) is 12.2 Å². The van der Waals surface area contributed by atoms with Gasteiger partial charge in [0.05, 0.1) is 0 Å². The van der Waals surface area contributed by atoms with Crippen LogP contribution in [-0.2, 0) is 6.54 Å². The number of aromatic amines is 1. The van der Waals surface area contributed by atoms with E-state index in [1.54, 1.807) is 0 Å². The molecule has 1 unspecified atom stereocenters. The maximum Gasteiger partial charge on any atom is 0.253 e. The van der Waals surface area contributed by atoms with Gasteiger partial charge >= 0.3 is 0 Å². The third-order valence-corrected chi connectivity index (χ3v) is 5.24. The van der Waals surface area contributed by atoms with E-state index in [2.05, 4.69) is 24.0 Å². The molecule has 1 aromatic heterocycles. The Morgan fingerprint density at radius 1 is 1.38 bits per heavy atom. The lowest BCUT2D eigenvalue weighted by Gasteiger charge is -2.32. The van der Waals surface area contributed by atoms with Crippen molar-refractivity contribution < 1.29 is 4.79 Å². The van der Waals surface area contributed by atoms with Crippen molar-refractivity contribution in [2.24, 2.45) is 0 Å². The third-order valence-electron chi connectivity index (χ3n) is 4.93. The smallest absolute Gasteiger partial charge is 0.253 e. The largest absolute Gasteiger partial charge is 0.338 e. The molecule has 2 heterocycles. The predicted octanol–water partition coefficient (Wildman–Crippen LogP) is 3.60. The zero-order valence-corrected chi connectivity index (χ0v) is 15.3. The number of hydrogen-bond donors (Lipinski definition) is 1. The van der Waals surface area contributed by atoms with Crippen LogP contribution < -0.4 is 0 Å². The van der Waals surface area contributed by atoms with Crippen LogP contribution in [0.4, 0.5) is 0 Å². The van der Waals surface area contributed by atoms with Crippen molar-refractivity contribution in [1.29, 1.82) is 0 Å². The van der Waals surface area contributed by atoms with Gasteiger partial charge in [-0.05, 0) is 69.1 Å². The average molecular weight is 344 g/mol. The van der Waals surface area contributed by atoms with Crippen LogP contribution in [0.3, 0.4) is 0 Å². The number of nitrogens with zero attached hydrogens (tertiary/aromatic N) is 3. The Labute approximate surface area is 147 Å². The van der Waals surface area contributed by atoms with Crippen molar-refractivity contribution in [3.8, 4) is 0 Å². The zero-order valence-electron chi connectivity index (χ0n) is 14.5. The van der Waals surface area contributed by atoms with Crippen LogP contribution in [0.15, 0.2) is 18.2 Å². The maximum absolute atomic E-state index is 12.9. The Bertz CT molecular complexity index is 808. The third kappa shape index (κ3) is 3.15. The van der Waals surface area contributed by atoms with Crippen LogP contribution in [0, 0.1) is 18.6 Å². The number of piperidine rings is 1. The van der Waals surface area contributed by atoms with Crippen LogP contribution >= 0.6 is 12.2 Å². The summed E-state index contributed by atoms with van der Waals surface area (Å²) in [6, 6.07) is 5.94. The topological polar surface area (TPSA) is 53.9 Å². The quantitative estimate of drug-likeness (QED) is 0.866. The number of likely N-dealkylation sites (tertiary alicyclic amines) is 1. The number of H-pyrrole nitrogens is 1. The summed E-state index contributed by atoms with van der Waals surface area (Å²) >= 11 is 5.29. The van der Waals surface area contributed by atoms with Gasteiger partial charge in [0.25, 0.3) is 5.91 Å². The average Bonchev–Trinajstić information content (AvgIpc) is 2.97. The number of amides is 1. The number of rotatable bonds is 3. The summed E-state index contributed by atoms with van der Waals surface area (Å²) in [4.78, 5) is 14.8. The number of carbonyl (C=O) groups is 1. The van der Waals surface area contributed by atoms with Crippen LogP contribution in [0.25, 0.3) is 0 Å². The lowest BCUT2D eigenvalue weighted by molar-refractivity contribution is 0.0703. The molecule has 5 nitrogen and oxygen atoms in total. The molecule has 2 aromatic rings. The number of hydrogen-bond acceptors (Lipinski definition) is 3. The van der Waals surface area contributed by atoms with E-state index in [-0.39, 0.29) is 11.8 Å². The first-order valence-electron chi connectivity index (χ1n) is 8.53. The predicted molar refractivity (Wildman–Crippen MR) is 96.9 cm³/mol. The van der Waals surface area contributed by atoms with Gasteiger partial charge in [-0.25, -0.2) is 0 Å². The van der Waals surface area contributed by atoms with E-state index in [1.165, 1.54) is 5.56 Å². The second-order valence-electron chi connectivity index (χ2n) is 6.52. The number of aryl methyl sites for hydroxylation is 2. The van der Waals surface area contributed by atoms with Gasteiger partial charge in [0.15, 0.2) is 4.77 Å². The Kier molecular flexibility index (Phi) is 4.85. The minimum Gasteiger partial charge on any atom is -0.338 e. The second kappa shape index (κ2) is 6.89. The highest BCUT2D eigenvalue weighted by Gasteiger charge is 2.28. The molecule has 1 aliphatic heterocycles. The second-order valence-corrected chi connectivity index (χ2v) is 6.91. The number of carbonyl (C=O) groups excluding carboxylic acids is 1. The minimum absolute atomic E-state index is 0.111. The molecule has 1 fully saturated rings. The zero-order chi connectivity index (χ0) is 17.3. The Hall–Kier alpha value is -1.95. The van der Waals surface area contributed by atoms with Crippen molar-refractivity contribution in [1.82, 2.24) is 19.7 Å². The van der Waals surface area contributed by atoms with E-state index in [0.29, 0.717) is 11.3 Å². The van der Waals surface area contributed by atoms with E-state index < -0.39 is 0 Å². The molecular weight excluding hydrogens is 320 g/mol. The van der Waals surface area contributed by atoms with E-state index >= 15 is 0 Å². The van der Waals surface area contributed by atoms with Crippen molar-refractivity contribution in [3.63, 3.8) is 0 Å². The van der Waals surface area contributed by atoms with Crippen LogP contribution in [0.1, 0.15) is 53.0 Å². The van der Waals surface area contributed by atoms with E-state index in [0.717, 1.165) is 42.9 Å². The fraction of sp³-hybridized carbons (Fsp3) is 0.500. The van der Waals surface area contributed by atoms with Gasteiger partial charge in [0, 0.05) is 31.1 Å². The lowest BCUT2D eigenvalue weighted by Crippen LogP contribution is -2.39. The summed E-state index contributed by atoms with van der Waals surface area (Å²) in [5.41, 5.74) is 3.14. The molecule has 0 bridgehead atoms. The maximum atomic E-state index is 12.9. The summed E-state index contributed by atoms with van der Waals surface area (Å²) in [7, 11) is 0. The molecule has 0 aliphatic carbocycles. The van der Waals surface area contributed by atoms with Gasteiger partial charge in [-0.1, -0.05) is 6.07 Å². The van der Waals surface area contributed by atoms with Crippen molar-refractivity contribution >= 4 is 18.1 Å². The summed E-state index contributed by atoms with van der Waals surface area (Å²) in [5.74, 6) is 1.32. The summed E-state index contributed by atoms with van der Waals surface area (Å²) in [6.45, 7) is 8.48. The molecule has 1 amide bonds. The molecule has 6 heteroatoms. The van der Waals surface area contributed by atoms with Gasteiger partial charge in [0.1, 0.15) is 5.82 Å². The molecule has 0 radical (unpaired) electrons. The first-order chi connectivity index (χ1) is 11.5. The van der Waals surface area contributed by atoms with Crippen LogP contribution in [0.2, 0.25) is 0 Å². The molecule has 1 N–H and O–H groups in total. The number of nitrogens with one attached hydrogen (secondary N) is 1. The molecule has 1 saturated heterocycles. The first-order valence-corrected chi connectivity index (χ1v) is 8.93. The molecule has 24 heavy (non-hydrogen) atoms. The molecule has 1 aromatic carbocycles. The van der Waals surface area contributed by atoms with Gasteiger partial charge in [-0.3, -0.25) is 9.89 Å². The molecule has 1 atom stereocenters. The van der Waals surface area contributed by atoms with Crippen molar-refractivity contribution in [2.75, 3.05) is 13.1 Å². The molecule has 128 valence electrons. The SMILES string of the molecule is CCn1c(C2CCCN(C(=O)c3ccc(C)c(C)c3)C2)n[nH]c1=S. The Balaban J connectivity index is 1.81. The number of aromatic nitrogens is 3. The van der Waals surface area contributed by atoms with Gasteiger partial charge in [0.2, 0.25) is 0 Å². The first kappa shape index (κ1) is 16.9. The van der Waals surface area contributed by atoms with E-state index in [9.17, 15) is 4.79 Å². The summed E-state index contributed by atoms with van der Waals surface area (Å²) in [6.07, 6.45) is 2.03. The molecule has 0 saturated carbocycles. The summed E-state index contributed by atoms with van der Waals surface area (Å²) < 4.78 is 2.69. The minimum atomic E-state index is 0.111. The van der Waals surface area contributed by atoms with Gasteiger partial charge < -0.3 is 9.47 Å². The van der Waals surface area contributed by atoms with Gasteiger partial charge in [-0.2, -0.15) is 5.10 Å². The fourth-order valence-corrected chi connectivity index (χ4v) is 3.64. The Morgan fingerprint density at radius 3 is 2.88 bits per heavy atom. The van der Waals surface area contributed by atoms with Crippen molar-refractivity contribution in [3.05, 3.63) is 45.5 Å². The highest BCUT2D eigenvalue weighted by atomic mass is 32.1. The monoisotopic (exact) mass is 344 g/mol. The normalized spacial score (nSPS) is 18.0. The lowest BCUT2D eigenvalue weighted by atomic mass is 9.96. The highest BCUT2D eigenvalue weighted by molar-refractivity contribution is 7.71. The molecule has 3 rings (SSSR count). The fourth-order valence-electron chi connectivity index (χ4n) is 3.38. The number of benzene rings is 1. The standard InChI is InChI=1S/C18H24N4OS/c1-4-22-16(19-20-18(22)24)15-6-5-9-21(11-15)17(23)14-8-7-12(2)13(3)10-14/h7-8,10,15H,4-6,9,11H2,1-3H3,(H,20,24). The Morgan fingerprint density at radius 2 is 2.17 bits per heavy atom. The molecular formula is C18H24N4OS.